The van der Waals surface area contributed by atoms with Gasteiger partial charge in [-0.3, -0.25) is 9.69 Å². The van der Waals surface area contributed by atoms with Gasteiger partial charge in [0.2, 0.25) is 5.91 Å². The number of likely N-dealkylation sites (tertiary alicyclic amines) is 2. The number of fused-ring (bicyclic) bond motifs is 1. The molecule has 2 atom stereocenters. The van der Waals surface area contributed by atoms with Crippen LogP contribution >= 0.6 is 0 Å². The van der Waals surface area contributed by atoms with E-state index in [0.717, 1.165) is 45.4 Å². The molecule has 2 saturated heterocycles. The maximum absolute atomic E-state index is 11.4. The number of nitrogens with two attached hydrogens (primary N) is 1. The SMILES string of the molecule is NC(=O)CN1CCCC[C@H]2CN(CC3(O)CCCCC3)CC[C@H]21. The number of carbonyl (C=O) groups is 1. The van der Waals surface area contributed by atoms with Crippen molar-refractivity contribution >= 4 is 5.91 Å². The molecule has 0 radical (unpaired) electrons. The molecule has 132 valence electrons. The molecule has 3 N–H and O–H groups in total. The van der Waals surface area contributed by atoms with Crippen molar-refractivity contribution in [3.8, 4) is 0 Å². The summed E-state index contributed by atoms with van der Waals surface area (Å²) in [6.07, 6.45) is 10.3. The Bertz CT molecular complexity index is 409. The zero-order valence-electron chi connectivity index (χ0n) is 14.4. The van der Waals surface area contributed by atoms with E-state index in [4.69, 9.17) is 5.73 Å². The van der Waals surface area contributed by atoms with Gasteiger partial charge in [-0.05, 0) is 51.1 Å². The van der Waals surface area contributed by atoms with E-state index >= 15 is 0 Å². The summed E-state index contributed by atoms with van der Waals surface area (Å²) < 4.78 is 0. The molecule has 0 spiro atoms. The molecular formula is C18H33N3O2. The van der Waals surface area contributed by atoms with Gasteiger partial charge in [-0.1, -0.05) is 25.7 Å². The lowest BCUT2D eigenvalue weighted by Crippen LogP contribution is -2.55. The maximum atomic E-state index is 11.4. The van der Waals surface area contributed by atoms with Crippen molar-refractivity contribution < 1.29 is 9.90 Å². The normalized spacial score (nSPS) is 32.9. The van der Waals surface area contributed by atoms with Crippen LogP contribution in [0.4, 0.5) is 0 Å². The van der Waals surface area contributed by atoms with Crippen molar-refractivity contribution in [2.75, 3.05) is 32.7 Å². The van der Waals surface area contributed by atoms with E-state index in [1.807, 2.05) is 0 Å². The number of β-amino-alcohol motifs (C(OH)–C–C–N with tert-alkyl or cyclic N) is 1. The number of carbonyl (C=O) groups excluding carboxylic acids is 1. The Morgan fingerprint density at radius 2 is 1.87 bits per heavy atom. The predicted molar refractivity (Wildman–Crippen MR) is 91.0 cm³/mol. The fourth-order valence-corrected chi connectivity index (χ4v) is 5.07. The van der Waals surface area contributed by atoms with Gasteiger partial charge >= 0.3 is 0 Å². The Morgan fingerprint density at radius 1 is 1.09 bits per heavy atom. The second-order valence-corrected chi connectivity index (χ2v) is 8.07. The molecule has 2 heterocycles. The van der Waals surface area contributed by atoms with Gasteiger partial charge in [0.05, 0.1) is 12.1 Å². The minimum absolute atomic E-state index is 0.204. The third-order valence-electron chi connectivity index (χ3n) is 6.18. The van der Waals surface area contributed by atoms with Crippen LogP contribution in [0, 0.1) is 5.92 Å². The first kappa shape index (κ1) is 17.2. The van der Waals surface area contributed by atoms with Crippen LogP contribution in [-0.2, 0) is 4.79 Å². The van der Waals surface area contributed by atoms with Crippen molar-refractivity contribution in [1.29, 1.82) is 0 Å². The lowest BCUT2D eigenvalue weighted by Gasteiger charge is -2.45. The van der Waals surface area contributed by atoms with Gasteiger partial charge < -0.3 is 15.7 Å². The minimum atomic E-state index is -0.456. The van der Waals surface area contributed by atoms with Crippen molar-refractivity contribution in [2.24, 2.45) is 11.7 Å². The quantitative estimate of drug-likeness (QED) is 0.819. The van der Waals surface area contributed by atoms with Crippen LogP contribution in [-0.4, -0.2) is 65.2 Å². The maximum Gasteiger partial charge on any atom is 0.231 e. The topological polar surface area (TPSA) is 69.8 Å². The molecule has 0 unspecified atom stereocenters. The van der Waals surface area contributed by atoms with Gasteiger partial charge in [-0.2, -0.15) is 0 Å². The van der Waals surface area contributed by atoms with Gasteiger partial charge in [0, 0.05) is 19.1 Å². The molecule has 0 aromatic heterocycles. The smallest absolute Gasteiger partial charge is 0.231 e. The summed E-state index contributed by atoms with van der Waals surface area (Å²) in [7, 11) is 0. The first-order valence-corrected chi connectivity index (χ1v) is 9.53. The fourth-order valence-electron chi connectivity index (χ4n) is 5.07. The van der Waals surface area contributed by atoms with Crippen LogP contribution in [0.1, 0.15) is 57.8 Å². The van der Waals surface area contributed by atoms with Gasteiger partial charge in [-0.15, -0.1) is 0 Å². The van der Waals surface area contributed by atoms with E-state index in [0.29, 0.717) is 18.5 Å². The highest BCUT2D eigenvalue weighted by molar-refractivity contribution is 5.75. The number of hydrogen-bond donors (Lipinski definition) is 2. The largest absolute Gasteiger partial charge is 0.389 e. The second-order valence-electron chi connectivity index (χ2n) is 8.07. The van der Waals surface area contributed by atoms with Crippen molar-refractivity contribution in [1.82, 2.24) is 9.80 Å². The number of nitrogens with zero attached hydrogens (tertiary/aromatic N) is 2. The molecule has 0 aromatic carbocycles. The van der Waals surface area contributed by atoms with E-state index in [-0.39, 0.29) is 5.91 Å². The summed E-state index contributed by atoms with van der Waals surface area (Å²) in [6.45, 7) is 4.37. The van der Waals surface area contributed by atoms with Crippen LogP contribution < -0.4 is 5.73 Å². The molecule has 0 bridgehead atoms. The fraction of sp³-hybridized carbons (Fsp3) is 0.944. The Hall–Kier alpha value is -0.650. The number of hydrogen-bond acceptors (Lipinski definition) is 4. The molecule has 5 heteroatoms. The molecule has 0 aromatic rings. The van der Waals surface area contributed by atoms with Gasteiger partial charge in [0.25, 0.3) is 0 Å². The summed E-state index contributed by atoms with van der Waals surface area (Å²) in [5, 5.41) is 10.8. The van der Waals surface area contributed by atoms with Crippen LogP contribution in [0.25, 0.3) is 0 Å². The third kappa shape index (κ3) is 4.46. The van der Waals surface area contributed by atoms with Crippen molar-refractivity contribution in [3.63, 3.8) is 0 Å². The average molecular weight is 323 g/mol. The predicted octanol–water partition coefficient (Wildman–Crippen LogP) is 1.34. The molecule has 3 fully saturated rings. The van der Waals surface area contributed by atoms with E-state index in [9.17, 15) is 9.90 Å². The highest BCUT2D eigenvalue weighted by Gasteiger charge is 2.38. The van der Waals surface area contributed by atoms with Crippen LogP contribution in [0.2, 0.25) is 0 Å². The number of primary amides is 1. The van der Waals surface area contributed by atoms with Crippen molar-refractivity contribution in [3.05, 3.63) is 0 Å². The second kappa shape index (κ2) is 7.49. The summed E-state index contributed by atoms with van der Waals surface area (Å²) in [5.74, 6) is 0.419. The standard InChI is InChI=1S/C18H33N3O2/c19-17(22)13-21-10-5-2-6-15-12-20(11-7-16(15)21)14-18(23)8-3-1-4-9-18/h15-16,23H,1-14H2,(H2,19,22)/t15-,16+/m0/s1. The summed E-state index contributed by atoms with van der Waals surface area (Å²) in [5.41, 5.74) is 4.98. The molecule has 1 amide bonds. The molecule has 3 aliphatic rings. The lowest BCUT2D eigenvalue weighted by molar-refractivity contribution is -0.120. The zero-order valence-corrected chi connectivity index (χ0v) is 14.4. The molecule has 2 aliphatic heterocycles. The van der Waals surface area contributed by atoms with E-state index < -0.39 is 5.60 Å². The number of aliphatic hydroxyl groups is 1. The summed E-state index contributed by atoms with van der Waals surface area (Å²) >= 11 is 0. The first-order valence-electron chi connectivity index (χ1n) is 9.53. The third-order valence-corrected chi connectivity index (χ3v) is 6.18. The first-order chi connectivity index (χ1) is 11.1. The Balaban J connectivity index is 1.59. The number of amides is 1. The Kier molecular flexibility index (Phi) is 5.60. The van der Waals surface area contributed by atoms with E-state index in [1.54, 1.807) is 0 Å². The average Bonchev–Trinajstić information content (AvgIpc) is 2.69. The van der Waals surface area contributed by atoms with Gasteiger partial charge in [0.15, 0.2) is 0 Å². The number of piperidine rings is 1. The van der Waals surface area contributed by atoms with Crippen LogP contribution in [0.15, 0.2) is 0 Å². The number of rotatable bonds is 4. The lowest BCUT2D eigenvalue weighted by atomic mass is 9.82. The zero-order chi connectivity index (χ0) is 16.3. The summed E-state index contributed by atoms with van der Waals surface area (Å²) in [4.78, 5) is 16.2. The van der Waals surface area contributed by atoms with Crippen LogP contribution in [0.5, 0.6) is 0 Å². The molecule has 1 saturated carbocycles. The Morgan fingerprint density at radius 3 is 2.61 bits per heavy atom. The molecule has 5 nitrogen and oxygen atoms in total. The van der Waals surface area contributed by atoms with E-state index in [2.05, 4.69) is 9.80 Å². The molecule has 3 rings (SSSR count). The monoisotopic (exact) mass is 323 g/mol. The molecular weight excluding hydrogens is 290 g/mol. The highest BCUT2D eigenvalue weighted by Crippen LogP contribution is 2.33. The minimum Gasteiger partial charge on any atom is -0.389 e. The summed E-state index contributed by atoms with van der Waals surface area (Å²) in [6, 6.07) is 0.502. The molecule has 1 aliphatic carbocycles. The van der Waals surface area contributed by atoms with Crippen molar-refractivity contribution in [2.45, 2.75) is 69.4 Å². The van der Waals surface area contributed by atoms with Gasteiger partial charge in [0.1, 0.15) is 0 Å². The van der Waals surface area contributed by atoms with Crippen LogP contribution in [0.3, 0.4) is 0 Å². The van der Waals surface area contributed by atoms with E-state index in [1.165, 1.54) is 38.5 Å². The Labute approximate surface area is 140 Å². The highest BCUT2D eigenvalue weighted by atomic mass is 16.3. The molecule has 23 heavy (non-hydrogen) atoms. The van der Waals surface area contributed by atoms with Gasteiger partial charge in [-0.25, -0.2) is 0 Å².